The first-order valence-corrected chi connectivity index (χ1v) is 8.82. The smallest absolute Gasteiger partial charge is 0.243 e. The van der Waals surface area contributed by atoms with Gasteiger partial charge in [0.05, 0.1) is 22.0 Å². The Bertz CT molecular complexity index is 691. The number of nitrogens with one attached hydrogen (secondary N) is 1. The normalized spacial score (nSPS) is 13.3. The average molecular weight is 313 g/mol. The van der Waals surface area contributed by atoms with Crippen molar-refractivity contribution in [3.8, 4) is 0 Å². The van der Waals surface area contributed by atoms with Crippen LogP contribution in [0.25, 0.3) is 10.2 Å². The Morgan fingerprint density at radius 3 is 2.80 bits per heavy atom. The summed E-state index contributed by atoms with van der Waals surface area (Å²) in [4.78, 5) is 16.1. The van der Waals surface area contributed by atoms with E-state index in [-0.39, 0.29) is 12.2 Å². The molecular formula is C12H15N3O3S2. The number of fused-ring (bicyclic) bond motifs is 1. The van der Waals surface area contributed by atoms with Crippen LogP contribution in [0.5, 0.6) is 0 Å². The van der Waals surface area contributed by atoms with Crippen molar-refractivity contribution in [3.05, 3.63) is 24.3 Å². The maximum atomic E-state index is 11.8. The van der Waals surface area contributed by atoms with E-state index in [0.29, 0.717) is 5.13 Å². The van der Waals surface area contributed by atoms with Gasteiger partial charge in [0.2, 0.25) is 5.91 Å². The number of carbonyl (C=O) groups excluding carboxylic acids is 1. The molecule has 1 heterocycles. The molecular weight excluding hydrogens is 298 g/mol. The maximum Gasteiger partial charge on any atom is 0.243 e. The fourth-order valence-corrected chi connectivity index (χ4v) is 3.15. The van der Waals surface area contributed by atoms with Gasteiger partial charge in [-0.05, 0) is 18.6 Å². The lowest BCUT2D eigenvalue weighted by Gasteiger charge is -2.09. The third-order valence-corrected chi connectivity index (χ3v) is 4.59. The van der Waals surface area contributed by atoms with Crippen LogP contribution in [0.2, 0.25) is 0 Å². The zero-order chi connectivity index (χ0) is 14.8. The number of nitrogens with zero attached hydrogens (tertiary/aromatic N) is 1. The molecule has 0 aliphatic rings. The number of sulfone groups is 1. The van der Waals surface area contributed by atoms with E-state index in [1.165, 1.54) is 11.3 Å². The predicted molar refractivity (Wildman–Crippen MR) is 80.6 cm³/mol. The molecule has 0 aliphatic carbocycles. The van der Waals surface area contributed by atoms with E-state index in [9.17, 15) is 13.2 Å². The topological polar surface area (TPSA) is 102 Å². The quantitative estimate of drug-likeness (QED) is 0.857. The number of hydrogen-bond donors (Lipinski definition) is 2. The number of anilines is 1. The van der Waals surface area contributed by atoms with E-state index in [4.69, 9.17) is 5.73 Å². The summed E-state index contributed by atoms with van der Waals surface area (Å²) < 4.78 is 23.0. The van der Waals surface area contributed by atoms with Crippen molar-refractivity contribution < 1.29 is 13.2 Å². The highest BCUT2D eigenvalue weighted by atomic mass is 32.2. The van der Waals surface area contributed by atoms with Crippen LogP contribution in [-0.4, -0.2) is 37.4 Å². The molecule has 2 aromatic rings. The van der Waals surface area contributed by atoms with Gasteiger partial charge in [-0.25, -0.2) is 13.4 Å². The van der Waals surface area contributed by atoms with Crippen LogP contribution in [0.1, 0.15) is 6.42 Å². The van der Waals surface area contributed by atoms with Crippen molar-refractivity contribution in [2.75, 3.05) is 17.3 Å². The van der Waals surface area contributed by atoms with Crippen LogP contribution in [-0.2, 0) is 14.6 Å². The van der Waals surface area contributed by atoms with Crippen LogP contribution < -0.4 is 11.1 Å². The Hall–Kier alpha value is -1.51. The highest BCUT2D eigenvalue weighted by Crippen LogP contribution is 2.25. The van der Waals surface area contributed by atoms with Gasteiger partial charge in [-0.2, -0.15) is 0 Å². The number of rotatable bonds is 5. The Morgan fingerprint density at radius 1 is 1.45 bits per heavy atom. The summed E-state index contributed by atoms with van der Waals surface area (Å²) in [6.45, 7) is 0. The lowest BCUT2D eigenvalue weighted by Crippen LogP contribution is -2.37. The number of carbonyl (C=O) groups is 1. The second kappa shape index (κ2) is 5.86. The van der Waals surface area contributed by atoms with Gasteiger partial charge in [0.1, 0.15) is 9.84 Å². The van der Waals surface area contributed by atoms with E-state index in [1.54, 1.807) is 0 Å². The van der Waals surface area contributed by atoms with Crippen LogP contribution in [0, 0.1) is 0 Å². The molecule has 6 nitrogen and oxygen atoms in total. The zero-order valence-corrected chi connectivity index (χ0v) is 12.5. The second-order valence-corrected chi connectivity index (χ2v) is 7.79. The van der Waals surface area contributed by atoms with Gasteiger partial charge in [0.15, 0.2) is 5.13 Å². The SMILES string of the molecule is CS(=O)(=O)CCC(N)C(=O)Nc1nc2ccccc2s1. The summed E-state index contributed by atoms with van der Waals surface area (Å²) >= 11 is 1.35. The molecule has 108 valence electrons. The van der Waals surface area contributed by atoms with Crippen molar-refractivity contribution in [3.63, 3.8) is 0 Å². The van der Waals surface area contributed by atoms with E-state index < -0.39 is 21.8 Å². The van der Waals surface area contributed by atoms with Crippen LogP contribution in [0.4, 0.5) is 5.13 Å². The van der Waals surface area contributed by atoms with Gasteiger partial charge >= 0.3 is 0 Å². The van der Waals surface area contributed by atoms with Gasteiger partial charge in [-0.3, -0.25) is 4.79 Å². The van der Waals surface area contributed by atoms with E-state index in [2.05, 4.69) is 10.3 Å². The first-order valence-electron chi connectivity index (χ1n) is 5.95. The number of aromatic nitrogens is 1. The fraction of sp³-hybridized carbons (Fsp3) is 0.333. The number of nitrogens with two attached hydrogens (primary N) is 1. The maximum absolute atomic E-state index is 11.8. The largest absolute Gasteiger partial charge is 0.320 e. The number of thiazole rings is 1. The highest BCUT2D eigenvalue weighted by Gasteiger charge is 2.17. The molecule has 1 amide bonds. The van der Waals surface area contributed by atoms with Crippen molar-refractivity contribution >= 4 is 42.4 Å². The Labute approximate surface area is 120 Å². The van der Waals surface area contributed by atoms with Gasteiger partial charge in [0.25, 0.3) is 0 Å². The standard InChI is InChI=1S/C12H15N3O3S2/c1-20(17,18)7-6-8(13)11(16)15-12-14-9-4-2-3-5-10(9)19-12/h2-5,8H,6-7,13H2,1H3,(H,14,15,16). The van der Waals surface area contributed by atoms with Crippen LogP contribution in [0.3, 0.4) is 0 Å². The van der Waals surface area contributed by atoms with Crippen molar-refractivity contribution in [2.45, 2.75) is 12.5 Å². The minimum absolute atomic E-state index is 0.0928. The molecule has 2 rings (SSSR count). The molecule has 1 aromatic heterocycles. The van der Waals surface area contributed by atoms with Gasteiger partial charge in [0, 0.05) is 6.26 Å². The lowest BCUT2D eigenvalue weighted by atomic mass is 10.2. The summed E-state index contributed by atoms with van der Waals surface area (Å²) in [5.41, 5.74) is 6.47. The van der Waals surface area contributed by atoms with Gasteiger partial charge in [-0.15, -0.1) is 0 Å². The molecule has 1 atom stereocenters. The molecule has 0 radical (unpaired) electrons. The van der Waals surface area contributed by atoms with Crippen molar-refractivity contribution in [1.29, 1.82) is 0 Å². The molecule has 20 heavy (non-hydrogen) atoms. The third kappa shape index (κ3) is 3.99. The lowest BCUT2D eigenvalue weighted by molar-refractivity contribution is -0.117. The molecule has 3 N–H and O–H groups in total. The van der Waals surface area contributed by atoms with Crippen LogP contribution in [0.15, 0.2) is 24.3 Å². The molecule has 8 heteroatoms. The monoisotopic (exact) mass is 313 g/mol. The van der Waals surface area contributed by atoms with E-state index in [1.807, 2.05) is 24.3 Å². The Balaban J connectivity index is 2.00. The second-order valence-electron chi connectivity index (χ2n) is 4.50. The number of para-hydroxylation sites is 1. The predicted octanol–water partition coefficient (Wildman–Crippen LogP) is 0.997. The first-order chi connectivity index (χ1) is 9.35. The van der Waals surface area contributed by atoms with Crippen LogP contribution >= 0.6 is 11.3 Å². The van der Waals surface area contributed by atoms with Crippen molar-refractivity contribution in [1.82, 2.24) is 4.98 Å². The zero-order valence-electron chi connectivity index (χ0n) is 10.9. The molecule has 0 fully saturated rings. The number of benzene rings is 1. The molecule has 0 aliphatic heterocycles. The van der Waals surface area contributed by atoms with Crippen molar-refractivity contribution in [2.24, 2.45) is 5.73 Å². The average Bonchev–Trinajstić information content (AvgIpc) is 2.76. The van der Waals surface area contributed by atoms with Gasteiger partial charge in [-0.1, -0.05) is 23.5 Å². The minimum Gasteiger partial charge on any atom is -0.320 e. The highest BCUT2D eigenvalue weighted by molar-refractivity contribution is 7.90. The summed E-state index contributed by atoms with van der Waals surface area (Å²) in [6, 6.07) is 6.66. The van der Waals surface area contributed by atoms with E-state index in [0.717, 1.165) is 16.5 Å². The molecule has 1 aromatic carbocycles. The first kappa shape index (κ1) is 14.9. The van der Waals surface area contributed by atoms with E-state index >= 15 is 0 Å². The summed E-state index contributed by atoms with van der Waals surface area (Å²) in [5, 5.41) is 3.08. The summed E-state index contributed by atoms with van der Waals surface area (Å²) in [6.07, 6.45) is 1.21. The molecule has 0 saturated heterocycles. The van der Waals surface area contributed by atoms with Gasteiger partial charge < -0.3 is 11.1 Å². The molecule has 0 saturated carbocycles. The number of hydrogen-bond acceptors (Lipinski definition) is 6. The molecule has 1 unspecified atom stereocenters. The summed E-state index contributed by atoms with van der Waals surface area (Å²) in [5.74, 6) is -0.533. The Morgan fingerprint density at radius 2 is 2.15 bits per heavy atom. The number of amides is 1. The molecule has 0 bridgehead atoms. The third-order valence-electron chi connectivity index (χ3n) is 2.66. The Kier molecular flexibility index (Phi) is 4.36. The fourth-order valence-electron chi connectivity index (χ4n) is 1.60. The minimum atomic E-state index is -3.12. The summed E-state index contributed by atoms with van der Waals surface area (Å²) in [7, 11) is -3.12. The molecule has 0 spiro atoms.